The Morgan fingerprint density at radius 2 is 2.71 bits per heavy atom. The van der Waals surface area contributed by atoms with Crippen LogP contribution in [0.3, 0.4) is 0 Å². The lowest BCUT2D eigenvalue weighted by molar-refractivity contribution is 1.44. The second kappa shape index (κ2) is 4.65. The van der Waals surface area contributed by atoms with Gasteiger partial charge >= 0.3 is 0 Å². The van der Waals surface area contributed by atoms with Gasteiger partial charge in [0.25, 0.3) is 6.54 Å². The van der Waals surface area contributed by atoms with Crippen molar-refractivity contribution in [3.8, 4) is 6.19 Å². The molecule has 0 unspecified atom stereocenters. The van der Waals surface area contributed by atoms with E-state index in [4.69, 9.17) is 11.8 Å². The number of hydrogen-bond donors (Lipinski definition) is 0. The molecule has 34 valence electrons. The maximum atomic E-state index is 7.74. The highest BCUT2D eigenvalue weighted by Gasteiger charge is 1.69. The third kappa shape index (κ3) is 4.65. The molecule has 0 heterocycles. The zero-order chi connectivity index (χ0) is 5.54. The molecule has 0 amide bonds. The number of nitriles is 1. The van der Waals surface area contributed by atoms with Crippen LogP contribution >= 0.6 is 0 Å². The highest BCUT2D eigenvalue weighted by atomic mass is 14.7. The van der Waals surface area contributed by atoms with Crippen molar-refractivity contribution in [2.75, 3.05) is 6.54 Å². The molecule has 0 N–H and O–H groups in total. The third-order valence-electron chi connectivity index (χ3n) is 0.322. The molecule has 0 saturated heterocycles. The van der Waals surface area contributed by atoms with Crippen LogP contribution in [0.5, 0.6) is 0 Å². The molecule has 0 fully saturated rings. The van der Waals surface area contributed by atoms with E-state index in [2.05, 4.69) is 9.84 Å². The first-order chi connectivity index (χ1) is 3.41. The van der Waals surface area contributed by atoms with Crippen molar-refractivity contribution in [3.63, 3.8) is 0 Å². The Balaban J connectivity index is 3.19. The Kier molecular flexibility index (Phi) is 3.75. The topological polar surface area (TPSA) is 40.5 Å². The van der Waals surface area contributed by atoms with E-state index in [0.29, 0.717) is 0 Å². The molecule has 0 rings (SSSR count). The first kappa shape index (κ1) is 5.65. The van der Waals surface area contributed by atoms with Gasteiger partial charge in [-0.25, -0.2) is 6.57 Å². The van der Waals surface area contributed by atoms with Gasteiger partial charge in [0.2, 0.25) is 6.19 Å². The van der Waals surface area contributed by atoms with Crippen LogP contribution in [0.4, 0.5) is 0 Å². The molecule has 0 aromatic heterocycles. The van der Waals surface area contributed by atoms with Gasteiger partial charge in [0, 0.05) is 0 Å². The Bertz CT molecular complexity index is 134. The molecule has 0 saturated carbocycles. The second-order valence-electron chi connectivity index (χ2n) is 0.752. The summed E-state index contributed by atoms with van der Waals surface area (Å²) in [5.74, 6) is 0. The van der Waals surface area contributed by atoms with E-state index in [1.54, 1.807) is 0 Å². The molecule has 0 aromatic rings. The van der Waals surface area contributed by atoms with Crippen molar-refractivity contribution in [3.05, 3.63) is 11.4 Å². The van der Waals surface area contributed by atoms with Gasteiger partial charge in [-0.1, -0.05) is 0 Å². The predicted octanol–water partition coefficient (Wildman–Crippen LogP) is 0.458. The van der Waals surface area contributed by atoms with Gasteiger partial charge < -0.3 is 4.85 Å². The lowest BCUT2D eigenvalue weighted by Gasteiger charge is -1.61. The summed E-state index contributed by atoms with van der Waals surface area (Å²) in [7, 11) is 0. The molecule has 0 bridgehead atoms. The van der Waals surface area contributed by atoms with E-state index in [1.807, 2.05) is 0 Å². The minimum absolute atomic E-state index is 0.202. The lowest BCUT2D eigenvalue weighted by Crippen LogP contribution is -1.72. The summed E-state index contributed by atoms with van der Waals surface area (Å²) in [6.07, 6.45) is 2.80. The monoisotopic (exact) mass is 93.0 g/mol. The van der Waals surface area contributed by atoms with E-state index < -0.39 is 0 Å². The van der Waals surface area contributed by atoms with Gasteiger partial charge in [-0.3, -0.25) is 0 Å². The summed E-state index contributed by atoms with van der Waals surface area (Å²) in [5, 5.41) is 7.74. The van der Waals surface area contributed by atoms with E-state index >= 15 is 0 Å². The Hall–Kier alpha value is -1.35. The molecule has 0 aromatic carbocycles. The summed E-state index contributed by atoms with van der Waals surface area (Å²) in [6.45, 7) is 6.41. The van der Waals surface area contributed by atoms with Crippen molar-refractivity contribution in [1.82, 2.24) is 0 Å². The average molecular weight is 93.1 g/mol. The smallest absolute Gasteiger partial charge is 0.250 e. The zero-order valence-electron chi connectivity index (χ0n) is 3.63. The highest BCUT2D eigenvalue weighted by molar-refractivity contribution is 5.62. The summed E-state index contributed by atoms with van der Waals surface area (Å²) in [4.78, 5) is 6.05. The molecule has 0 aliphatic carbocycles. The zero-order valence-corrected chi connectivity index (χ0v) is 3.63. The summed E-state index contributed by atoms with van der Waals surface area (Å²) in [6, 6.07) is 0. The minimum atomic E-state index is 0.202. The third-order valence-corrected chi connectivity index (χ3v) is 0.322. The fraction of sp³-hybridized carbons (Fsp3) is 0.250. The van der Waals surface area contributed by atoms with Crippen molar-refractivity contribution in [2.24, 2.45) is 4.99 Å². The van der Waals surface area contributed by atoms with Crippen LogP contribution in [0.1, 0.15) is 0 Å². The van der Waals surface area contributed by atoms with Crippen LogP contribution in [-0.2, 0) is 0 Å². The second-order valence-corrected chi connectivity index (χ2v) is 0.752. The Morgan fingerprint density at radius 1 is 2.00 bits per heavy atom. The maximum Gasteiger partial charge on any atom is 0.250 e. The van der Waals surface area contributed by atoms with Gasteiger partial charge in [-0.2, -0.15) is 10.3 Å². The molecule has 0 aliphatic heterocycles. The number of hydrogen-bond acceptors (Lipinski definition) is 2. The van der Waals surface area contributed by atoms with E-state index in [-0.39, 0.29) is 6.54 Å². The summed E-state index contributed by atoms with van der Waals surface area (Å²) in [5.41, 5.74) is 0. The Morgan fingerprint density at radius 3 is 3.14 bits per heavy atom. The summed E-state index contributed by atoms with van der Waals surface area (Å²) < 4.78 is 0. The van der Waals surface area contributed by atoms with Gasteiger partial charge in [0.1, 0.15) is 0 Å². The molecule has 0 atom stereocenters. The van der Waals surface area contributed by atoms with Crippen LogP contribution in [0.2, 0.25) is 0 Å². The molecule has 7 heavy (non-hydrogen) atoms. The van der Waals surface area contributed by atoms with Gasteiger partial charge in [-0.15, -0.1) is 0 Å². The fourth-order valence-electron chi connectivity index (χ4n) is 0.122. The van der Waals surface area contributed by atoms with Crippen LogP contribution in [0, 0.1) is 18.0 Å². The van der Waals surface area contributed by atoms with E-state index in [0.717, 1.165) is 0 Å². The van der Waals surface area contributed by atoms with Crippen molar-refractivity contribution >= 4 is 6.21 Å². The van der Waals surface area contributed by atoms with Crippen LogP contribution < -0.4 is 0 Å². The van der Waals surface area contributed by atoms with Crippen LogP contribution in [-0.4, -0.2) is 12.8 Å². The SMILES string of the molecule is [C-]#[N+]CC=NC#N. The molecule has 3 heteroatoms. The number of nitrogens with zero attached hydrogens (tertiary/aromatic N) is 3. The maximum absolute atomic E-state index is 7.74. The first-order valence-corrected chi connectivity index (χ1v) is 1.65. The standard InChI is InChI=1S/C4H3N3/c1-6-2-3-7-4-5/h3H,2H2. The Labute approximate surface area is 41.7 Å². The van der Waals surface area contributed by atoms with Gasteiger partial charge in [0.05, 0.1) is 6.21 Å². The normalized spacial score (nSPS) is 7.71. The highest BCUT2D eigenvalue weighted by Crippen LogP contribution is 1.60. The van der Waals surface area contributed by atoms with Gasteiger partial charge in [0.15, 0.2) is 0 Å². The fourth-order valence-corrected chi connectivity index (χ4v) is 0.122. The van der Waals surface area contributed by atoms with Crippen LogP contribution in [0.15, 0.2) is 4.99 Å². The number of rotatable bonds is 1. The van der Waals surface area contributed by atoms with E-state index in [1.165, 1.54) is 12.4 Å². The predicted molar refractivity (Wildman–Crippen MR) is 25.6 cm³/mol. The minimum Gasteiger partial charge on any atom is -0.311 e. The first-order valence-electron chi connectivity index (χ1n) is 1.65. The van der Waals surface area contributed by atoms with E-state index in [9.17, 15) is 0 Å². The van der Waals surface area contributed by atoms with Crippen molar-refractivity contribution in [2.45, 2.75) is 0 Å². The molecular weight excluding hydrogens is 90.1 g/mol. The molecule has 3 nitrogen and oxygen atoms in total. The van der Waals surface area contributed by atoms with Crippen molar-refractivity contribution in [1.29, 1.82) is 5.26 Å². The van der Waals surface area contributed by atoms with Crippen molar-refractivity contribution < 1.29 is 0 Å². The van der Waals surface area contributed by atoms with Crippen LogP contribution in [0.25, 0.3) is 4.85 Å². The molecule has 0 aliphatic rings. The average Bonchev–Trinajstić information content (AvgIpc) is 1.69. The largest absolute Gasteiger partial charge is 0.311 e. The molecule has 0 radical (unpaired) electrons. The van der Waals surface area contributed by atoms with Gasteiger partial charge in [-0.05, 0) is 0 Å². The quantitative estimate of drug-likeness (QED) is 0.263. The lowest BCUT2D eigenvalue weighted by atomic mass is 10.7. The molecule has 0 spiro atoms. The number of aliphatic imine (C=N–C) groups is 1. The summed E-state index contributed by atoms with van der Waals surface area (Å²) >= 11 is 0. The molecular formula is C4H3N3.